The number of carbonyl (C=O) groups excluding carboxylic acids is 1. The number of nitriles is 1. The van der Waals surface area contributed by atoms with Crippen LogP contribution >= 0.6 is 0 Å². The van der Waals surface area contributed by atoms with E-state index in [1.54, 1.807) is 23.1 Å². The molecular formula is C12H16N4O. The molecule has 0 fully saturated rings. The van der Waals surface area contributed by atoms with Gasteiger partial charge in [-0.3, -0.25) is 4.79 Å². The Bertz CT molecular complexity index is 450. The highest BCUT2D eigenvalue weighted by Crippen LogP contribution is 2.17. The average Bonchev–Trinajstić information content (AvgIpc) is 2.29. The fraction of sp³-hybridized carbons (Fsp3) is 0.333. The molecular weight excluding hydrogens is 216 g/mol. The lowest BCUT2D eigenvalue weighted by Crippen LogP contribution is -2.32. The van der Waals surface area contributed by atoms with Gasteiger partial charge in [0.25, 0.3) is 5.91 Å². The second-order valence-electron chi connectivity index (χ2n) is 3.64. The largest absolute Gasteiger partial charge is 0.399 e. The summed E-state index contributed by atoms with van der Waals surface area (Å²) in [5.41, 5.74) is 12.6. The number of nitrogens with zero attached hydrogens (tertiary/aromatic N) is 2. The molecule has 17 heavy (non-hydrogen) atoms. The Kier molecular flexibility index (Phi) is 4.35. The summed E-state index contributed by atoms with van der Waals surface area (Å²) in [6.45, 7) is 2.82. The quantitative estimate of drug-likeness (QED) is 0.763. The van der Waals surface area contributed by atoms with Crippen molar-refractivity contribution in [3.05, 3.63) is 23.8 Å². The molecule has 1 rings (SSSR count). The lowest BCUT2D eigenvalue weighted by atomic mass is 10.1. The zero-order valence-corrected chi connectivity index (χ0v) is 9.81. The Labute approximate surface area is 101 Å². The molecule has 1 amide bonds. The predicted octanol–water partition coefficient (Wildman–Crippen LogP) is 1.23. The number of carbonyl (C=O) groups is 1. The third kappa shape index (κ3) is 3.11. The van der Waals surface area contributed by atoms with Gasteiger partial charge in [-0.25, -0.2) is 0 Å². The number of nitrogen functional groups attached to an aromatic ring is 2. The van der Waals surface area contributed by atoms with Crippen LogP contribution in [0.2, 0.25) is 0 Å². The van der Waals surface area contributed by atoms with Crippen LogP contribution in [0.4, 0.5) is 11.4 Å². The molecule has 0 saturated heterocycles. The molecule has 0 aliphatic rings. The predicted molar refractivity (Wildman–Crippen MR) is 67.1 cm³/mol. The fourth-order valence-corrected chi connectivity index (χ4v) is 1.53. The van der Waals surface area contributed by atoms with Gasteiger partial charge in [-0.2, -0.15) is 5.26 Å². The summed E-state index contributed by atoms with van der Waals surface area (Å²) >= 11 is 0. The molecule has 0 bridgehead atoms. The summed E-state index contributed by atoms with van der Waals surface area (Å²) in [6, 6.07) is 6.83. The van der Waals surface area contributed by atoms with Crippen LogP contribution in [-0.4, -0.2) is 23.9 Å². The molecule has 0 radical (unpaired) electrons. The van der Waals surface area contributed by atoms with E-state index in [0.717, 1.165) is 0 Å². The molecule has 0 spiro atoms. The summed E-state index contributed by atoms with van der Waals surface area (Å²) in [7, 11) is 0. The molecule has 0 aliphatic carbocycles. The highest BCUT2D eigenvalue weighted by atomic mass is 16.2. The highest BCUT2D eigenvalue weighted by Gasteiger charge is 2.16. The minimum Gasteiger partial charge on any atom is -0.399 e. The first kappa shape index (κ1) is 12.8. The standard InChI is InChI=1S/C12H16N4O/c1-2-16(7-3-6-13)12(17)10-5-4-9(14)8-11(10)15/h4-5,8H,2-3,7,14-15H2,1H3. The van der Waals surface area contributed by atoms with Crippen molar-refractivity contribution in [2.24, 2.45) is 0 Å². The number of hydrogen-bond donors (Lipinski definition) is 2. The Morgan fingerprint density at radius 1 is 1.47 bits per heavy atom. The van der Waals surface area contributed by atoms with Gasteiger partial charge in [0, 0.05) is 24.5 Å². The maximum Gasteiger partial charge on any atom is 0.255 e. The third-order valence-electron chi connectivity index (χ3n) is 2.47. The van der Waals surface area contributed by atoms with Gasteiger partial charge in [0.15, 0.2) is 0 Å². The van der Waals surface area contributed by atoms with Crippen LogP contribution in [-0.2, 0) is 0 Å². The molecule has 4 N–H and O–H groups in total. The summed E-state index contributed by atoms with van der Waals surface area (Å²) in [5, 5.41) is 8.52. The van der Waals surface area contributed by atoms with Crippen molar-refractivity contribution >= 4 is 17.3 Å². The van der Waals surface area contributed by atoms with Crippen LogP contribution in [0.5, 0.6) is 0 Å². The number of hydrogen-bond acceptors (Lipinski definition) is 4. The Hall–Kier alpha value is -2.22. The van der Waals surface area contributed by atoms with Crippen LogP contribution in [0.15, 0.2) is 18.2 Å². The molecule has 90 valence electrons. The van der Waals surface area contributed by atoms with Crippen LogP contribution < -0.4 is 11.5 Å². The van der Waals surface area contributed by atoms with Crippen molar-refractivity contribution in [2.45, 2.75) is 13.3 Å². The van der Waals surface area contributed by atoms with Gasteiger partial charge in [0.1, 0.15) is 0 Å². The Morgan fingerprint density at radius 2 is 2.18 bits per heavy atom. The zero-order chi connectivity index (χ0) is 12.8. The average molecular weight is 232 g/mol. The molecule has 0 saturated carbocycles. The first-order valence-electron chi connectivity index (χ1n) is 5.41. The topological polar surface area (TPSA) is 96.1 Å². The summed E-state index contributed by atoms with van der Waals surface area (Å²) < 4.78 is 0. The first-order valence-corrected chi connectivity index (χ1v) is 5.41. The third-order valence-corrected chi connectivity index (χ3v) is 2.47. The van der Waals surface area contributed by atoms with E-state index in [1.165, 1.54) is 0 Å². The van der Waals surface area contributed by atoms with E-state index in [4.69, 9.17) is 16.7 Å². The van der Waals surface area contributed by atoms with Crippen molar-refractivity contribution in [3.63, 3.8) is 0 Å². The number of amides is 1. The van der Waals surface area contributed by atoms with Gasteiger partial charge < -0.3 is 16.4 Å². The maximum absolute atomic E-state index is 12.1. The van der Waals surface area contributed by atoms with Gasteiger partial charge in [0.05, 0.1) is 18.1 Å². The molecule has 1 aromatic rings. The van der Waals surface area contributed by atoms with Gasteiger partial charge >= 0.3 is 0 Å². The Balaban J connectivity index is 2.90. The van der Waals surface area contributed by atoms with Gasteiger partial charge in [-0.15, -0.1) is 0 Å². The van der Waals surface area contributed by atoms with Crippen LogP contribution in [0, 0.1) is 11.3 Å². The Morgan fingerprint density at radius 3 is 2.71 bits per heavy atom. The molecule has 0 unspecified atom stereocenters. The molecule has 5 heteroatoms. The molecule has 0 aliphatic heterocycles. The minimum atomic E-state index is -0.166. The van der Waals surface area contributed by atoms with Crippen molar-refractivity contribution in [3.8, 4) is 6.07 Å². The molecule has 0 atom stereocenters. The van der Waals surface area contributed by atoms with E-state index < -0.39 is 0 Å². The van der Waals surface area contributed by atoms with Gasteiger partial charge in [0.2, 0.25) is 0 Å². The second kappa shape index (κ2) is 5.75. The van der Waals surface area contributed by atoms with Crippen molar-refractivity contribution in [2.75, 3.05) is 24.6 Å². The minimum absolute atomic E-state index is 0.166. The van der Waals surface area contributed by atoms with Crippen LogP contribution in [0.1, 0.15) is 23.7 Å². The summed E-state index contributed by atoms with van der Waals surface area (Å²) in [5.74, 6) is -0.166. The second-order valence-corrected chi connectivity index (χ2v) is 3.64. The van der Waals surface area contributed by atoms with Crippen molar-refractivity contribution in [1.82, 2.24) is 4.90 Å². The van der Waals surface area contributed by atoms with Gasteiger partial charge in [-0.1, -0.05) is 0 Å². The molecule has 0 heterocycles. The van der Waals surface area contributed by atoms with E-state index >= 15 is 0 Å². The number of nitrogens with two attached hydrogens (primary N) is 2. The van der Waals surface area contributed by atoms with Crippen molar-refractivity contribution in [1.29, 1.82) is 5.26 Å². The number of benzene rings is 1. The maximum atomic E-state index is 12.1. The normalized spacial score (nSPS) is 9.65. The van der Waals surface area contributed by atoms with Crippen LogP contribution in [0.25, 0.3) is 0 Å². The molecule has 5 nitrogen and oxygen atoms in total. The molecule has 1 aromatic carbocycles. The summed E-state index contributed by atoms with van der Waals surface area (Å²) in [4.78, 5) is 13.7. The SMILES string of the molecule is CCN(CCC#N)C(=O)c1ccc(N)cc1N. The summed E-state index contributed by atoms with van der Waals surface area (Å²) in [6.07, 6.45) is 0.314. The fourth-order valence-electron chi connectivity index (χ4n) is 1.53. The lowest BCUT2D eigenvalue weighted by Gasteiger charge is -2.20. The number of anilines is 2. The van der Waals surface area contributed by atoms with Crippen molar-refractivity contribution < 1.29 is 4.79 Å². The first-order chi connectivity index (χ1) is 8.10. The lowest BCUT2D eigenvalue weighted by molar-refractivity contribution is 0.0769. The van der Waals surface area contributed by atoms with E-state index in [1.807, 2.05) is 13.0 Å². The van der Waals surface area contributed by atoms with E-state index in [0.29, 0.717) is 36.4 Å². The molecule has 0 aromatic heterocycles. The monoisotopic (exact) mass is 232 g/mol. The number of rotatable bonds is 4. The van der Waals surface area contributed by atoms with Crippen LogP contribution in [0.3, 0.4) is 0 Å². The highest BCUT2D eigenvalue weighted by molar-refractivity contribution is 5.99. The zero-order valence-electron chi connectivity index (χ0n) is 9.81. The van der Waals surface area contributed by atoms with Gasteiger partial charge in [-0.05, 0) is 25.1 Å². The smallest absolute Gasteiger partial charge is 0.255 e. The van der Waals surface area contributed by atoms with E-state index in [2.05, 4.69) is 0 Å². The van der Waals surface area contributed by atoms with E-state index in [-0.39, 0.29) is 5.91 Å². The van der Waals surface area contributed by atoms with E-state index in [9.17, 15) is 4.79 Å².